The molecule has 4 heteroatoms. The second-order valence-electron chi connectivity index (χ2n) is 15.8. The third-order valence-electron chi connectivity index (χ3n) is 11.4. The van der Waals surface area contributed by atoms with Gasteiger partial charge >= 0.3 is 37.9 Å². The Kier molecular flexibility index (Phi) is 17.4. The molecule has 0 spiro atoms. The van der Waals surface area contributed by atoms with Crippen molar-refractivity contribution in [2.75, 3.05) is 0 Å². The molecule has 306 valence electrons. The summed E-state index contributed by atoms with van der Waals surface area (Å²) in [4.78, 5) is 0. The van der Waals surface area contributed by atoms with Crippen molar-refractivity contribution in [2.24, 2.45) is 0 Å². The first-order chi connectivity index (χ1) is 29.3. The summed E-state index contributed by atoms with van der Waals surface area (Å²) in [7, 11) is 10.7. The summed E-state index contributed by atoms with van der Waals surface area (Å²) >= 11 is -0.826. The van der Waals surface area contributed by atoms with Crippen molar-refractivity contribution in [3.05, 3.63) is 179 Å². The van der Waals surface area contributed by atoms with E-state index in [9.17, 15) is 0 Å². The largest absolute Gasteiger partial charge is 0.184 e. The number of aryl methyl sites for hydroxylation is 6. The van der Waals surface area contributed by atoms with Crippen LogP contribution < -0.4 is 10.4 Å². The van der Waals surface area contributed by atoms with Gasteiger partial charge in [-0.2, -0.15) is 41.6 Å². The molecule has 0 aliphatic carbocycles. The van der Waals surface area contributed by atoms with E-state index < -0.39 is 20.8 Å². The quantitative estimate of drug-likeness (QED) is 0.0947. The molecule has 8 aromatic rings. The number of hydrogen-bond donors (Lipinski definition) is 0. The maximum atomic E-state index is 4.93. The molecule has 0 saturated carbocycles. The predicted octanol–water partition coefficient (Wildman–Crippen LogP) is 15.4. The zero-order valence-corrected chi connectivity index (χ0v) is 41.2. The molecule has 2 radical (unpaired) electrons. The minimum atomic E-state index is -0.826. The molecule has 1 aliphatic heterocycles. The summed E-state index contributed by atoms with van der Waals surface area (Å²) in [6.07, 6.45) is 9.42. The van der Waals surface area contributed by atoms with Crippen LogP contribution in [0.1, 0.15) is 86.8 Å². The SMILES string of the molecule is CCCc1cc2c(-c3ccccc3C)c(CCC)ccc2[cH-]1.CCCc1cc2c(-c3ccccc3C)c(CCC)ccc2[cH-]1.[Cl][Zr][Cl].[c-]1cccc2c1[Si]c1ccccc1-2. The Morgan fingerprint density at radius 1 is 0.517 bits per heavy atom. The molecule has 0 saturated heterocycles. The smallest absolute Gasteiger partial charge is 0.0920 e. The second kappa shape index (κ2) is 22.9. The van der Waals surface area contributed by atoms with Crippen LogP contribution in [-0.2, 0) is 46.5 Å². The Morgan fingerprint density at radius 2 is 0.950 bits per heavy atom. The van der Waals surface area contributed by atoms with E-state index in [1.54, 1.807) is 0 Å². The van der Waals surface area contributed by atoms with Crippen LogP contribution in [0.15, 0.2) is 140 Å². The number of fused-ring (bicyclic) bond motifs is 5. The third-order valence-corrected chi connectivity index (χ3v) is 12.7. The molecule has 0 atom stereocenters. The molecule has 60 heavy (non-hydrogen) atoms. The van der Waals surface area contributed by atoms with Gasteiger partial charge in [0.05, 0.1) is 9.52 Å². The van der Waals surface area contributed by atoms with Crippen LogP contribution in [0.2, 0.25) is 0 Å². The number of rotatable bonds is 10. The molecule has 0 amide bonds. The fourth-order valence-electron chi connectivity index (χ4n) is 8.67. The molecule has 0 unspecified atom stereocenters. The van der Waals surface area contributed by atoms with Crippen LogP contribution in [-0.4, -0.2) is 9.52 Å². The van der Waals surface area contributed by atoms with Gasteiger partial charge in [-0.25, -0.2) is 0 Å². The van der Waals surface area contributed by atoms with E-state index in [1.165, 1.54) is 137 Å². The molecule has 0 bridgehead atoms. The number of halogens is 2. The fourth-order valence-corrected chi connectivity index (χ4v) is 9.98. The van der Waals surface area contributed by atoms with Crippen molar-refractivity contribution < 1.29 is 20.8 Å². The molecule has 0 nitrogen and oxygen atoms in total. The van der Waals surface area contributed by atoms with Gasteiger partial charge in [-0.1, -0.05) is 159 Å². The van der Waals surface area contributed by atoms with Crippen LogP contribution in [0, 0.1) is 19.9 Å². The normalized spacial score (nSPS) is 11.1. The average molecular weight is 920 g/mol. The third kappa shape index (κ3) is 11.0. The van der Waals surface area contributed by atoms with Crippen molar-refractivity contribution in [3.63, 3.8) is 0 Å². The molecular weight excluding hydrogens is 863 g/mol. The first-order valence-corrected chi connectivity index (χ1v) is 29.1. The van der Waals surface area contributed by atoms with Crippen LogP contribution in [0.25, 0.3) is 54.9 Å². The molecule has 0 N–H and O–H groups in total. The van der Waals surface area contributed by atoms with Gasteiger partial charge in [0.2, 0.25) is 0 Å². The summed E-state index contributed by atoms with van der Waals surface area (Å²) in [5.74, 6) is 0. The van der Waals surface area contributed by atoms with Crippen molar-refractivity contribution in [1.82, 2.24) is 0 Å². The topological polar surface area (TPSA) is 0 Å². The monoisotopic (exact) mass is 917 g/mol. The van der Waals surface area contributed by atoms with Crippen molar-refractivity contribution >= 4 is 58.5 Å². The Labute approximate surface area is 381 Å². The van der Waals surface area contributed by atoms with E-state index in [-0.39, 0.29) is 0 Å². The number of hydrogen-bond acceptors (Lipinski definition) is 0. The Bertz CT molecular complexity index is 2430. The average Bonchev–Trinajstić information content (AvgIpc) is 3.98. The van der Waals surface area contributed by atoms with E-state index in [4.69, 9.17) is 17.0 Å². The van der Waals surface area contributed by atoms with Gasteiger partial charge in [0.1, 0.15) is 0 Å². The predicted molar refractivity (Wildman–Crippen MR) is 263 cm³/mol. The summed E-state index contributed by atoms with van der Waals surface area (Å²) < 4.78 is 0. The van der Waals surface area contributed by atoms with E-state index in [0.29, 0.717) is 0 Å². The van der Waals surface area contributed by atoms with Crippen LogP contribution in [0.5, 0.6) is 0 Å². The van der Waals surface area contributed by atoms with E-state index in [2.05, 4.69) is 181 Å². The summed E-state index contributed by atoms with van der Waals surface area (Å²) in [6.45, 7) is 13.5. The summed E-state index contributed by atoms with van der Waals surface area (Å²) in [5.41, 5.74) is 17.1. The first kappa shape index (κ1) is 45.7. The first-order valence-electron chi connectivity index (χ1n) is 21.7. The molecular formula is C56H57Cl2SiZr-3. The standard InChI is InChI=1S/2C22H25.C12H7Si.2ClH.Zr/c2*1-4-8-17-14-19-13-12-18(9-5-2)22(21(19)15-17)20-11-7-6-10-16(20)3;1-3-7-11-9(5-1)10-6-2-4-8-12(10)13-11;;;/h2*6-7,10-15H,4-5,8-9H2,1-3H3;1-7H;2*1H;/q3*-1;;;+2/p-2. The molecule has 1 heterocycles. The Hall–Kier alpha value is -3.78. The van der Waals surface area contributed by atoms with Gasteiger partial charge in [-0.05, 0) is 61.8 Å². The van der Waals surface area contributed by atoms with Gasteiger partial charge in [0.15, 0.2) is 0 Å². The van der Waals surface area contributed by atoms with Gasteiger partial charge in [0.25, 0.3) is 0 Å². The molecule has 1 aliphatic rings. The van der Waals surface area contributed by atoms with Crippen molar-refractivity contribution in [3.8, 4) is 33.4 Å². The minimum Gasteiger partial charge on any atom is -0.184 e. The van der Waals surface area contributed by atoms with E-state index >= 15 is 0 Å². The second-order valence-corrected chi connectivity index (χ2v) is 20.8. The van der Waals surface area contributed by atoms with Gasteiger partial charge in [0, 0.05) is 0 Å². The summed E-state index contributed by atoms with van der Waals surface area (Å²) in [5, 5.41) is 8.47. The van der Waals surface area contributed by atoms with Gasteiger partial charge in [-0.15, -0.1) is 74.6 Å². The van der Waals surface area contributed by atoms with Gasteiger partial charge in [-0.3, -0.25) is 0 Å². The Balaban J connectivity index is 0.000000150. The maximum Gasteiger partial charge on any atom is 0.0920 e. The maximum absolute atomic E-state index is 4.93. The van der Waals surface area contributed by atoms with Crippen molar-refractivity contribution in [1.29, 1.82) is 0 Å². The zero-order valence-electron chi connectivity index (χ0n) is 36.2. The van der Waals surface area contributed by atoms with Gasteiger partial charge < -0.3 is 0 Å². The molecule has 0 aromatic heterocycles. The summed E-state index contributed by atoms with van der Waals surface area (Å²) in [6, 6.07) is 54.6. The Morgan fingerprint density at radius 3 is 1.42 bits per heavy atom. The zero-order chi connectivity index (χ0) is 42.4. The van der Waals surface area contributed by atoms with Crippen LogP contribution in [0.4, 0.5) is 0 Å². The molecule has 8 aromatic carbocycles. The van der Waals surface area contributed by atoms with Crippen molar-refractivity contribution in [2.45, 2.75) is 92.9 Å². The fraction of sp³-hybridized carbons (Fsp3) is 0.250. The molecule has 0 fully saturated rings. The van der Waals surface area contributed by atoms with Crippen LogP contribution >= 0.6 is 17.0 Å². The van der Waals surface area contributed by atoms with E-state index in [1.807, 2.05) is 6.07 Å². The molecule has 9 rings (SSSR count). The minimum absolute atomic E-state index is 0.795. The number of benzene rings is 6. The van der Waals surface area contributed by atoms with Crippen LogP contribution in [0.3, 0.4) is 0 Å². The van der Waals surface area contributed by atoms with E-state index in [0.717, 1.165) is 22.4 Å².